The molecule has 0 radical (unpaired) electrons. The summed E-state index contributed by atoms with van der Waals surface area (Å²) in [5, 5.41) is 0. The molecular weight excluding hydrogens is 254 g/mol. The van der Waals surface area contributed by atoms with Crippen LogP contribution in [0.2, 0.25) is 0 Å². The molecule has 0 N–H and O–H groups in total. The van der Waals surface area contributed by atoms with Gasteiger partial charge in [-0.05, 0) is 0 Å². The van der Waals surface area contributed by atoms with Crippen LogP contribution in [0.3, 0.4) is 0 Å². The first-order valence-electron chi connectivity index (χ1n) is 4.49. The Hall–Kier alpha value is -1.20. The van der Waals surface area contributed by atoms with Crippen LogP contribution in [0.1, 0.15) is 13.8 Å². The van der Waals surface area contributed by atoms with Crippen LogP contribution in [-0.4, -0.2) is 28.9 Å². The first-order valence-corrected chi connectivity index (χ1v) is 7.68. The second kappa shape index (κ2) is 5.62. The molecule has 1 aromatic rings. The zero-order chi connectivity index (χ0) is 11.3. The van der Waals surface area contributed by atoms with E-state index >= 15 is 0 Å². The van der Waals surface area contributed by atoms with Crippen molar-refractivity contribution >= 4 is 33.0 Å². The summed E-state index contributed by atoms with van der Waals surface area (Å²) in [6.07, 6.45) is 0. The third kappa shape index (κ3) is 4.22. The van der Waals surface area contributed by atoms with E-state index in [0.29, 0.717) is 0 Å². The van der Waals surface area contributed by atoms with Crippen molar-refractivity contribution in [2.45, 2.75) is 13.8 Å². The molecule has 0 heterocycles. The van der Waals surface area contributed by atoms with Gasteiger partial charge >= 0.3 is 93.8 Å². The molecule has 0 aromatic heterocycles. The number of hydrogen-bond acceptors (Lipinski definition) is 4. The van der Waals surface area contributed by atoms with Crippen LogP contribution in [0.15, 0.2) is 30.3 Å². The number of hydrogen-bond donors (Lipinski definition) is 0. The van der Waals surface area contributed by atoms with Crippen molar-refractivity contribution in [3.8, 4) is 0 Å². The fraction of sp³-hybridized carbons (Fsp3) is 0.200. The number of carbonyl (C=O) groups excluding carboxylic acids is 2. The van der Waals surface area contributed by atoms with E-state index in [4.69, 9.17) is 7.06 Å². The Labute approximate surface area is 94.0 Å². The minimum atomic E-state index is -2.91. The summed E-state index contributed by atoms with van der Waals surface area (Å²) >= 11 is -2.91. The van der Waals surface area contributed by atoms with Crippen LogP contribution in [0.4, 0.5) is 0 Å². The van der Waals surface area contributed by atoms with Crippen molar-refractivity contribution < 1.29 is 16.6 Å². The SMILES string of the molecule is CC(=O)[O][Ga]([O]C(C)=O)[c]1ccccc1. The maximum atomic E-state index is 10.8. The van der Waals surface area contributed by atoms with E-state index in [2.05, 4.69) is 0 Å². The van der Waals surface area contributed by atoms with Crippen molar-refractivity contribution in [3.05, 3.63) is 30.3 Å². The quantitative estimate of drug-likeness (QED) is 0.747. The Morgan fingerprint density at radius 2 is 1.47 bits per heavy atom. The van der Waals surface area contributed by atoms with E-state index in [-0.39, 0.29) is 0 Å². The maximum absolute atomic E-state index is 10.8. The van der Waals surface area contributed by atoms with E-state index in [1.165, 1.54) is 13.8 Å². The standard InChI is InChI=1S/C6H5.2C2H4O2.Ga/c1-2-4-6-5-3-1;2*1-2(3)4;/h1-5H;2*1H3,(H,3,4);/q;;;+2/p-2. The van der Waals surface area contributed by atoms with Crippen LogP contribution in [-0.2, 0) is 16.6 Å². The summed E-state index contributed by atoms with van der Waals surface area (Å²) in [4.78, 5) is 21.7. The van der Waals surface area contributed by atoms with Crippen LogP contribution in [0.5, 0.6) is 0 Å². The van der Waals surface area contributed by atoms with Gasteiger partial charge in [-0.15, -0.1) is 0 Å². The normalized spacial score (nSPS) is 9.20. The minimum absolute atomic E-state index is 0.412. The molecule has 1 rings (SSSR count). The van der Waals surface area contributed by atoms with Crippen LogP contribution in [0, 0.1) is 0 Å². The molecule has 0 aliphatic heterocycles. The van der Waals surface area contributed by atoms with Gasteiger partial charge in [0.1, 0.15) is 0 Å². The number of rotatable bonds is 3. The van der Waals surface area contributed by atoms with Gasteiger partial charge in [-0.2, -0.15) is 0 Å². The van der Waals surface area contributed by atoms with Crippen LogP contribution >= 0.6 is 0 Å². The summed E-state index contributed by atoms with van der Waals surface area (Å²) in [6, 6.07) is 9.10. The second-order valence-corrected chi connectivity index (χ2v) is 6.74. The molecule has 15 heavy (non-hydrogen) atoms. The first kappa shape index (κ1) is 11.9. The molecule has 0 atom stereocenters. The van der Waals surface area contributed by atoms with Crippen molar-refractivity contribution in [1.82, 2.24) is 0 Å². The Morgan fingerprint density at radius 3 is 1.87 bits per heavy atom. The molecule has 0 amide bonds. The predicted octanol–water partition coefficient (Wildman–Crippen LogP) is 0.508. The molecule has 0 fully saturated rings. The van der Waals surface area contributed by atoms with Crippen molar-refractivity contribution in [1.29, 1.82) is 0 Å². The van der Waals surface area contributed by atoms with Gasteiger partial charge < -0.3 is 0 Å². The summed E-state index contributed by atoms with van der Waals surface area (Å²) < 4.78 is 10.9. The number of benzene rings is 1. The van der Waals surface area contributed by atoms with Gasteiger partial charge in [-0.1, -0.05) is 0 Å². The molecule has 0 aliphatic carbocycles. The molecule has 0 spiro atoms. The Kier molecular flexibility index (Phi) is 4.45. The fourth-order valence-electron chi connectivity index (χ4n) is 1.07. The molecule has 0 saturated heterocycles. The molecule has 1 aromatic carbocycles. The zero-order valence-electron chi connectivity index (χ0n) is 8.60. The summed E-state index contributed by atoms with van der Waals surface area (Å²) in [7, 11) is 0. The van der Waals surface area contributed by atoms with Gasteiger partial charge in [0.25, 0.3) is 0 Å². The molecule has 78 valence electrons. The summed E-state index contributed by atoms with van der Waals surface area (Å²) in [6.45, 7) is 2.62. The van der Waals surface area contributed by atoms with Gasteiger partial charge in [-0.25, -0.2) is 0 Å². The summed E-state index contributed by atoms with van der Waals surface area (Å²) in [5.74, 6) is -0.824. The molecule has 0 aliphatic rings. The Morgan fingerprint density at radius 1 is 1.00 bits per heavy atom. The van der Waals surface area contributed by atoms with Crippen molar-refractivity contribution in [2.24, 2.45) is 0 Å². The van der Waals surface area contributed by atoms with Gasteiger partial charge in [-0.3, -0.25) is 0 Å². The van der Waals surface area contributed by atoms with Gasteiger partial charge in [0.05, 0.1) is 0 Å². The average molecular weight is 265 g/mol. The fourth-order valence-corrected chi connectivity index (χ4v) is 4.13. The van der Waals surface area contributed by atoms with Crippen LogP contribution < -0.4 is 4.12 Å². The van der Waals surface area contributed by atoms with Crippen LogP contribution in [0.25, 0.3) is 0 Å². The number of carbonyl (C=O) groups is 2. The predicted molar refractivity (Wildman–Crippen MR) is 55.4 cm³/mol. The third-order valence-electron chi connectivity index (χ3n) is 1.62. The third-order valence-corrected chi connectivity index (χ3v) is 5.86. The molecular formula is C10H11GaO4. The Bertz CT molecular complexity index is 334. The topological polar surface area (TPSA) is 52.6 Å². The van der Waals surface area contributed by atoms with Gasteiger partial charge in [0, 0.05) is 0 Å². The molecule has 4 nitrogen and oxygen atoms in total. The van der Waals surface area contributed by atoms with E-state index < -0.39 is 28.9 Å². The molecule has 5 heteroatoms. The van der Waals surface area contributed by atoms with E-state index in [9.17, 15) is 9.59 Å². The van der Waals surface area contributed by atoms with Gasteiger partial charge in [0.15, 0.2) is 0 Å². The van der Waals surface area contributed by atoms with E-state index in [1.807, 2.05) is 18.2 Å². The van der Waals surface area contributed by atoms with E-state index in [0.717, 1.165) is 4.12 Å². The molecule has 0 bridgehead atoms. The molecule has 0 unspecified atom stereocenters. The first-order chi connectivity index (χ1) is 7.09. The van der Waals surface area contributed by atoms with E-state index in [1.54, 1.807) is 12.1 Å². The molecule has 0 saturated carbocycles. The second-order valence-electron chi connectivity index (χ2n) is 2.96. The summed E-state index contributed by atoms with van der Waals surface area (Å²) in [5.41, 5.74) is 0. The zero-order valence-corrected chi connectivity index (χ0v) is 11.0. The monoisotopic (exact) mass is 264 g/mol. The van der Waals surface area contributed by atoms with Crippen molar-refractivity contribution in [3.63, 3.8) is 0 Å². The van der Waals surface area contributed by atoms with Crippen molar-refractivity contribution in [2.75, 3.05) is 0 Å². The average Bonchev–Trinajstić information content (AvgIpc) is 2.17. The Balaban J connectivity index is 2.81. The van der Waals surface area contributed by atoms with Gasteiger partial charge in [0.2, 0.25) is 0 Å².